The maximum atomic E-state index is 12.8. The molecule has 0 saturated heterocycles. The van der Waals surface area contributed by atoms with Gasteiger partial charge in [0.2, 0.25) is 0 Å². The van der Waals surface area contributed by atoms with Crippen LogP contribution in [0.2, 0.25) is 0 Å². The third-order valence-electron chi connectivity index (χ3n) is 11.1. The molecule has 340 valence electrons. The fourth-order valence-corrected chi connectivity index (χ4v) is 7.29. The minimum Gasteiger partial charge on any atom is -0.462 e. The summed E-state index contributed by atoms with van der Waals surface area (Å²) in [5, 5.41) is 0. The van der Waals surface area contributed by atoms with Gasteiger partial charge in [-0.15, -0.1) is 0 Å². The van der Waals surface area contributed by atoms with Gasteiger partial charge in [0.15, 0.2) is 6.10 Å². The van der Waals surface area contributed by atoms with Gasteiger partial charge in [-0.3, -0.25) is 9.59 Å². The zero-order valence-electron chi connectivity index (χ0n) is 39.1. The molecule has 58 heavy (non-hydrogen) atoms. The van der Waals surface area contributed by atoms with E-state index >= 15 is 0 Å². The highest BCUT2D eigenvalue weighted by Gasteiger charge is 2.17. The molecule has 0 aromatic carbocycles. The van der Waals surface area contributed by atoms with Gasteiger partial charge in [0.05, 0.1) is 6.61 Å². The van der Waals surface area contributed by atoms with Crippen molar-refractivity contribution >= 4 is 11.9 Å². The highest BCUT2D eigenvalue weighted by atomic mass is 16.6. The molecule has 0 N–H and O–H groups in total. The first kappa shape index (κ1) is 56.1. The van der Waals surface area contributed by atoms with Gasteiger partial charge in [0.25, 0.3) is 0 Å². The number of hydrogen-bond donors (Lipinski definition) is 0. The average Bonchev–Trinajstić information content (AvgIpc) is 3.22. The molecule has 5 nitrogen and oxygen atoms in total. The molecule has 0 aliphatic heterocycles. The third kappa shape index (κ3) is 46.8. The van der Waals surface area contributed by atoms with Crippen LogP contribution in [0.25, 0.3) is 0 Å². The van der Waals surface area contributed by atoms with Crippen LogP contribution >= 0.6 is 0 Å². The highest BCUT2D eigenvalue weighted by molar-refractivity contribution is 5.70. The van der Waals surface area contributed by atoms with Crippen LogP contribution in [0.5, 0.6) is 0 Å². The monoisotopic (exact) mass is 815 g/mol. The van der Waals surface area contributed by atoms with Crippen LogP contribution < -0.4 is 0 Å². The Balaban J connectivity index is 4.22. The third-order valence-corrected chi connectivity index (χ3v) is 11.1. The lowest BCUT2D eigenvalue weighted by Crippen LogP contribution is -2.30. The molecule has 0 aromatic heterocycles. The van der Waals surface area contributed by atoms with E-state index in [1.807, 2.05) is 0 Å². The molecule has 0 bridgehead atoms. The number of carbonyl (C=O) groups is 2. The Morgan fingerprint density at radius 1 is 0.379 bits per heavy atom. The van der Waals surface area contributed by atoms with Crippen LogP contribution in [-0.2, 0) is 23.8 Å². The summed E-state index contributed by atoms with van der Waals surface area (Å²) in [7, 11) is 0. The van der Waals surface area contributed by atoms with Gasteiger partial charge in [0, 0.05) is 19.4 Å². The average molecular weight is 815 g/mol. The second-order valence-electron chi connectivity index (χ2n) is 17.1. The van der Waals surface area contributed by atoms with Gasteiger partial charge in [-0.1, -0.05) is 224 Å². The summed E-state index contributed by atoms with van der Waals surface area (Å²) in [6, 6.07) is 0. The van der Waals surface area contributed by atoms with Crippen molar-refractivity contribution in [3.05, 3.63) is 36.5 Å². The fraction of sp³-hybridized carbons (Fsp3) is 0.849. The lowest BCUT2D eigenvalue weighted by Gasteiger charge is -2.18. The summed E-state index contributed by atoms with van der Waals surface area (Å²) in [6.07, 6.45) is 58.6. The molecule has 0 heterocycles. The van der Waals surface area contributed by atoms with E-state index in [9.17, 15) is 9.59 Å². The van der Waals surface area contributed by atoms with Crippen molar-refractivity contribution in [3.8, 4) is 0 Å². The number of unbranched alkanes of at least 4 members (excludes halogenated alkanes) is 30. The number of ether oxygens (including phenoxy) is 3. The summed E-state index contributed by atoms with van der Waals surface area (Å²) in [4.78, 5) is 25.3. The molecule has 0 rings (SSSR count). The van der Waals surface area contributed by atoms with Gasteiger partial charge in [-0.25, -0.2) is 0 Å². The van der Waals surface area contributed by atoms with Crippen molar-refractivity contribution in [1.29, 1.82) is 0 Å². The molecule has 0 fully saturated rings. The molecular weight excluding hydrogens is 717 g/mol. The second-order valence-corrected chi connectivity index (χ2v) is 17.1. The smallest absolute Gasteiger partial charge is 0.306 e. The van der Waals surface area contributed by atoms with Gasteiger partial charge >= 0.3 is 11.9 Å². The number of hydrogen-bond acceptors (Lipinski definition) is 5. The maximum absolute atomic E-state index is 12.8. The summed E-state index contributed by atoms with van der Waals surface area (Å²) in [5.74, 6) is -0.404. The Bertz CT molecular complexity index is 924. The largest absolute Gasteiger partial charge is 0.462 e. The SMILES string of the molecule is CCC/C=C\C/C=C\CCCCCCCC(=O)OC(COCCCCCCCC/C=C\CCCC)COC(=O)CCCCCCCCCCCCCCCCCCC. The number of carbonyl (C=O) groups excluding carboxylic acids is 2. The first-order valence-corrected chi connectivity index (χ1v) is 25.5. The van der Waals surface area contributed by atoms with E-state index in [0.29, 0.717) is 19.4 Å². The Morgan fingerprint density at radius 2 is 0.776 bits per heavy atom. The summed E-state index contributed by atoms with van der Waals surface area (Å²) < 4.78 is 17.4. The Hall–Kier alpha value is -1.88. The zero-order chi connectivity index (χ0) is 42.1. The van der Waals surface area contributed by atoms with Crippen LogP contribution in [-0.4, -0.2) is 37.9 Å². The fourth-order valence-electron chi connectivity index (χ4n) is 7.29. The van der Waals surface area contributed by atoms with Crippen molar-refractivity contribution in [3.63, 3.8) is 0 Å². The molecule has 1 unspecified atom stereocenters. The van der Waals surface area contributed by atoms with Crippen molar-refractivity contribution in [2.45, 2.75) is 271 Å². The lowest BCUT2D eigenvalue weighted by molar-refractivity contribution is -0.163. The minimum absolute atomic E-state index is 0.0817. The Labute approximate surface area is 361 Å². The quantitative estimate of drug-likeness (QED) is 0.0348. The second kappa shape index (κ2) is 49.5. The Morgan fingerprint density at radius 3 is 1.28 bits per heavy atom. The number of allylic oxidation sites excluding steroid dienone is 6. The van der Waals surface area contributed by atoms with Gasteiger partial charge < -0.3 is 14.2 Å². The van der Waals surface area contributed by atoms with Crippen LogP contribution in [0.4, 0.5) is 0 Å². The first-order chi connectivity index (χ1) is 28.6. The topological polar surface area (TPSA) is 61.8 Å². The van der Waals surface area contributed by atoms with E-state index in [-0.39, 0.29) is 25.2 Å². The maximum Gasteiger partial charge on any atom is 0.306 e. The van der Waals surface area contributed by atoms with E-state index in [0.717, 1.165) is 57.8 Å². The van der Waals surface area contributed by atoms with Crippen LogP contribution in [0, 0.1) is 0 Å². The Kier molecular flexibility index (Phi) is 47.9. The molecule has 0 radical (unpaired) electrons. The molecule has 1 atom stereocenters. The van der Waals surface area contributed by atoms with Crippen LogP contribution in [0.3, 0.4) is 0 Å². The summed E-state index contributed by atoms with van der Waals surface area (Å²) >= 11 is 0. The molecule has 0 aliphatic rings. The van der Waals surface area contributed by atoms with Crippen molar-refractivity contribution in [1.82, 2.24) is 0 Å². The van der Waals surface area contributed by atoms with Gasteiger partial charge in [-0.05, 0) is 64.2 Å². The molecule has 0 aromatic rings. The van der Waals surface area contributed by atoms with Crippen molar-refractivity contribution in [2.24, 2.45) is 0 Å². The molecule has 0 saturated carbocycles. The number of rotatable bonds is 47. The van der Waals surface area contributed by atoms with Gasteiger partial charge in [-0.2, -0.15) is 0 Å². The van der Waals surface area contributed by atoms with E-state index in [1.165, 1.54) is 173 Å². The standard InChI is InChI=1S/C53H98O5/c1-4-7-10-13-16-19-22-25-26-27-28-30-31-34-37-40-43-46-52(54)57-50-51(49-56-48-45-42-39-36-33-24-21-18-15-12-9-6-3)58-53(55)47-44-41-38-35-32-29-23-20-17-14-11-8-5-2/h11,14-15,18,20,23,51H,4-10,12-13,16-17,19,21-22,24-50H2,1-3H3/b14-11-,18-15-,23-20-. The van der Waals surface area contributed by atoms with E-state index in [1.54, 1.807) is 0 Å². The van der Waals surface area contributed by atoms with Gasteiger partial charge in [0.1, 0.15) is 6.61 Å². The van der Waals surface area contributed by atoms with Crippen LogP contribution in [0.15, 0.2) is 36.5 Å². The summed E-state index contributed by atoms with van der Waals surface area (Å²) in [6.45, 7) is 7.74. The summed E-state index contributed by atoms with van der Waals surface area (Å²) in [5.41, 5.74) is 0. The predicted molar refractivity (Wildman–Crippen MR) is 252 cm³/mol. The zero-order valence-corrected chi connectivity index (χ0v) is 39.1. The lowest BCUT2D eigenvalue weighted by atomic mass is 10.0. The van der Waals surface area contributed by atoms with Crippen LogP contribution in [0.1, 0.15) is 265 Å². The molecular formula is C53H98O5. The van der Waals surface area contributed by atoms with Crippen molar-refractivity contribution in [2.75, 3.05) is 19.8 Å². The molecule has 0 aliphatic carbocycles. The predicted octanol–water partition coefficient (Wildman–Crippen LogP) is 17.0. The molecule has 0 spiro atoms. The minimum atomic E-state index is -0.541. The molecule has 0 amide bonds. The van der Waals surface area contributed by atoms with E-state index in [4.69, 9.17) is 14.2 Å². The highest BCUT2D eigenvalue weighted by Crippen LogP contribution is 2.15. The first-order valence-electron chi connectivity index (χ1n) is 25.5. The normalized spacial score (nSPS) is 12.4. The number of esters is 2. The van der Waals surface area contributed by atoms with Crippen molar-refractivity contribution < 1.29 is 23.8 Å². The molecule has 5 heteroatoms. The van der Waals surface area contributed by atoms with E-state index < -0.39 is 6.10 Å². The van der Waals surface area contributed by atoms with E-state index in [2.05, 4.69) is 57.2 Å².